The zero-order valence-corrected chi connectivity index (χ0v) is 11.7. The number of carbonyl (C=O) groups is 1. The van der Waals surface area contributed by atoms with Crippen molar-refractivity contribution in [2.75, 3.05) is 26.7 Å². The second kappa shape index (κ2) is 5.32. The van der Waals surface area contributed by atoms with Crippen LogP contribution in [0.15, 0.2) is 24.3 Å². The van der Waals surface area contributed by atoms with Crippen LogP contribution < -0.4 is 10.1 Å². The lowest BCUT2D eigenvalue weighted by Crippen LogP contribution is -2.44. The van der Waals surface area contributed by atoms with E-state index in [2.05, 4.69) is 5.32 Å². The minimum atomic E-state index is -0.277. The fourth-order valence-corrected chi connectivity index (χ4v) is 2.95. The summed E-state index contributed by atoms with van der Waals surface area (Å²) < 4.78 is 10.9. The number of methoxy groups -OCH3 is 1. The Morgan fingerprint density at radius 2 is 2.20 bits per heavy atom. The van der Waals surface area contributed by atoms with Gasteiger partial charge in [-0.05, 0) is 30.8 Å². The molecule has 2 heterocycles. The van der Waals surface area contributed by atoms with Gasteiger partial charge < -0.3 is 14.8 Å². The largest absolute Gasteiger partial charge is 0.497 e. The van der Waals surface area contributed by atoms with Crippen molar-refractivity contribution < 1.29 is 14.3 Å². The number of nitrogens with one attached hydrogen (secondary N) is 1. The molecule has 0 aromatic heterocycles. The zero-order valence-electron chi connectivity index (χ0n) is 11.7. The molecule has 0 saturated carbocycles. The number of carbonyl (C=O) groups excluding carboxylic acids is 1. The molecule has 2 aliphatic heterocycles. The van der Waals surface area contributed by atoms with Gasteiger partial charge >= 0.3 is 6.09 Å². The smallest absolute Gasteiger partial charge is 0.410 e. The highest BCUT2D eigenvalue weighted by Crippen LogP contribution is 2.32. The number of hydrogen-bond acceptors (Lipinski definition) is 4. The standard InChI is InChI=1S/C15H20N2O3/c1-19-13-4-2-3-12(9-13)10-17-11-15(20-14(17)18)5-7-16-8-6-15/h2-4,9,16H,5-8,10-11H2,1H3. The predicted molar refractivity (Wildman–Crippen MR) is 74.7 cm³/mol. The van der Waals surface area contributed by atoms with Gasteiger partial charge in [0.2, 0.25) is 0 Å². The van der Waals surface area contributed by atoms with Gasteiger partial charge in [-0.15, -0.1) is 0 Å². The molecule has 5 nitrogen and oxygen atoms in total. The summed E-state index contributed by atoms with van der Waals surface area (Å²) in [6, 6.07) is 7.81. The SMILES string of the molecule is COc1cccc(CN2CC3(CCNCC3)OC2=O)c1. The minimum absolute atomic E-state index is 0.199. The minimum Gasteiger partial charge on any atom is -0.497 e. The third-order valence-corrected chi connectivity index (χ3v) is 4.06. The Labute approximate surface area is 118 Å². The van der Waals surface area contributed by atoms with Crippen LogP contribution in [0.2, 0.25) is 0 Å². The summed E-state index contributed by atoms with van der Waals surface area (Å²) in [5, 5.41) is 3.30. The molecule has 0 bridgehead atoms. The molecule has 0 unspecified atom stereocenters. The highest BCUT2D eigenvalue weighted by Gasteiger charge is 2.45. The van der Waals surface area contributed by atoms with Gasteiger partial charge in [0.25, 0.3) is 0 Å². The number of ether oxygens (including phenoxy) is 2. The number of benzene rings is 1. The van der Waals surface area contributed by atoms with E-state index in [4.69, 9.17) is 9.47 Å². The first kappa shape index (κ1) is 13.2. The molecule has 3 rings (SSSR count). The van der Waals surface area contributed by atoms with Crippen LogP contribution in [0, 0.1) is 0 Å². The first-order chi connectivity index (χ1) is 9.71. The van der Waals surface area contributed by atoms with E-state index >= 15 is 0 Å². The van der Waals surface area contributed by atoms with Gasteiger partial charge in [-0.2, -0.15) is 0 Å². The molecule has 2 aliphatic rings. The van der Waals surface area contributed by atoms with Crippen LogP contribution in [0.25, 0.3) is 0 Å². The Morgan fingerprint density at radius 1 is 1.40 bits per heavy atom. The molecular weight excluding hydrogens is 256 g/mol. The van der Waals surface area contributed by atoms with Gasteiger partial charge in [-0.1, -0.05) is 12.1 Å². The molecule has 2 fully saturated rings. The predicted octanol–water partition coefficient (Wildman–Crippen LogP) is 1.77. The summed E-state index contributed by atoms with van der Waals surface area (Å²) in [6.45, 7) is 3.09. The lowest BCUT2D eigenvalue weighted by Gasteiger charge is -2.31. The van der Waals surface area contributed by atoms with Crippen molar-refractivity contribution >= 4 is 6.09 Å². The van der Waals surface area contributed by atoms with E-state index in [1.54, 1.807) is 12.0 Å². The molecule has 0 radical (unpaired) electrons. The van der Waals surface area contributed by atoms with Crippen LogP contribution >= 0.6 is 0 Å². The molecular formula is C15H20N2O3. The molecule has 108 valence electrons. The molecule has 1 amide bonds. The van der Waals surface area contributed by atoms with Crippen LogP contribution in [0.1, 0.15) is 18.4 Å². The van der Waals surface area contributed by atoms with E-state index in [0.29, 0.717) is 13.1 Å². The zero-order chi connectivity index (χ0) is 14.0. The second-order valence-corrected chi connectivity index (χ2v) is 5.51. The molecule has 5 heteroatoms. The lowest BCUT2D eigenvalue weighted by molar-refractivity contribution is 0.0316. The van der Waals surface area contributed by atoms with E-state index in [0.717, 1.165) is 37.2 Å². The van der Waals surface area contributed by atoms with E-state index in [-0.39, 0.29) is 11.7 Å². The molecule has 2 saturated heterocycles. The molecule has 1 aromatic carbocycles. The van der Waals surface area contributed by atoms with Gasteiger partial charge in [-0.25, -0.2) is 4.79 Å². The van der Waals surface area contributed by atoms with Gasteiger partial charge in [-0.3, -0.25) is 4.90 Å². The van der Waals surface area contributed by atoms with Crippen LogP contribution in [-0.4, -0.2) is 43.3 Å². The average molecular weight is 276 g/mol. The first-order valence-corrected chi connectivity index (χ1v) is 7.02. The summed E-state index contributed by atoms with van der Waals surface area (Å²) in [7, 11) is 1.65. The fraction of sp³-hybridized carbons (Fsp3) is 0.533. The van der Waals surface area contributed by atoms with Gasteiger partial charge in [0, 0.05) is 19.4 Å². The third-order valence-electron chi connectivity index (χ3n) is 4.06. The quantitative estimate of drug-likeness (QED) is 0.914. The van der Waals surface area contributed by atoms with E-state index in [1.807, 2.05) is 24.3 Å². The van der Waals surface area contributed by atoms with E-state index in [9.17, 15) is 4.79 Å². The van der Waals surface area contributed by atoms with E-state index in [1.165, 1.54) is 0 Å². The Bertz CT molecular complexity index is 498. The Morgan fingerprint density at radius 3 is 2.95 bits per heavy atom. The molecule has 1 aromatic rings. The van der Waals surface area contributed by atoms with Crippen LogP contribution in [-0.2, 0) is 11.3 Å². The summed E-state index contributed by atoms with van der Waals surface area (Å²) >= 11 is 0. The highest BCUT2D eigenvalue weighted by molar-refractivity contribution is 5.70. The lowest BCUT2D eigenvalue weighted by atomic mass is 9.92. The summed E-state index contributed by atoms with van der Waals surface area (Å²) in [5.74, 6) is 0.812. The van der Waals surface area contributed by atoms with Crippen LogP contribution in [0.5, 0.6) is 5.75 Å². The number of piperidine rings is 1. The molecule has 0 atom stereocenters. The highest BCUT2D eigenvalue weighted by atomic mass is 16.6. The van der Waals surface area contributed by atoms with Crippen molar-refractivity contribution in [1.29, 1.82) is 0 Å². The van der Waals surface area contributed by atoms with Gasteiger partial charge in [0.05, 0.1) is 13.7 Å². The first-order valence-electron chi connectivity index (χ1n) is 7.02. The summed E-state index contributed by atoms with van der Waals surface area (Å²) in [6.07, 6.45) is 1.59. The molecule has 1 spiro atoms. The molecule has 1 N–H and O–H groups in total. The fourth-order valence-electron chi connectivity index (χ4n) is 2.95. The number of rotatable bonds is 3. The van der Waals surface area contributed by atoms with Crippen molar-refractivity contribution in [3.63, 3.8) is 0 Å². The number of nitrogens with zero attached hydrogens (tertiary/aromatic N) is 1. The van der Waals surface area contributed by atoms with Crippen molar-refractivity contribution in [3.05, 3.63) is 29.8 Å². The van der Waals surface area contributed by atoms with Crippen LogP contribution in [0.4, 0.5) is 4.79 Å². The maximum Gasteiger partial charge on any atom is 0.410 e. The van der Waals surface area contributed by atoms with Crippen molar-refractivity contribution in [2.45, 2.75) is 25.0 Å². The Hall–Kier alpha value is -1.75. The topological polar surface area (TPSA) is 50.8 Å². The van der Waals surface area contributed by atoms with Crippen molar-refractivity contribution in [1.82, 2.24) is 10.2 Å². The van der Waals surface area contributed by atoms with Crippen molar-refractivity contribution in [2.24, 2.45) is 0 Å². The summed E-state index contributed by atoms with van der Waals surface area (Å²) in [5.41, 5.74) is 0.786. The third kappa shape index (κ3) is 2.58. The number of amides is 1. The average Bonchev–Trinajstić information content (AvgIpc) is 2.75. The normalized spacial score (nSPS) is 21.1. The van der Waals surface area contributed by atoms with Crippen molar-refractivity contribution in [3.8, 4) is 5.75 Å². The number of hydrogen-bond donors (Lipinski definition) is 1. The Balaban J connectivity index is 1.69. The monoisotopic (exact) mass is 276 g/mol. The maximum absolute atomic E-state index is 12.1. The Kier molecular flexibility index (Phi) is 3.53. The van der Waals surface area contributed by atoms with E-state index < -0.39 is 0 Å². The maximum atomic E-state index is 12.1. The molecule has 20 heavy (non-hydrogen) atoms. The van der Waals surface area contributed by atoms with Crippen LogP contribution in [0.3, 0.4) is 0 Å². The molecule has 0 aliphatic carbocycles. The van der Waals surface area contributed by atoms with Gasteiger partial charge in [0.15, 0.2) is 0 Å². The second-order valence-electron chi connectivity index (χ2n) is 5.51. The van der Waals surface area contributed by atoms with Gasteiger partial charge in [0.1, 0.15) is 11.4 Å². The summed E-state index contributed by atoms with van der Waals surface area (Å²) in [4.78, 5) is 13.9.